The summed E-state index contributed by atoms with van der Waals surface area (Å²) < 4.78 is 40.3. The van der Waals surface area contributed by atoms with Crippen molar-refractivity contribution in [2.75, 3.05) is 0 Å². The van der Waals surface area contributed by atoms with Crippen LogP contribution < -0.4 is 0 Å². The first-order valence-corrected chi connectivity index (χ1v) is 8.67. The van der Waals surface area contributed by atoms with Gasteiger partial charge in [-0.15, -0.1) is 0 Å². The molecular weight excluding hydrogens is 323 g/mol. The molecule has 25 heavy (non-hydrogen) atoms. The quantitative estimate of drug-likeness (QED) is 0.588. The van der Waals surface area contributed by atoms with E-state index in [1.165, 1.54) is 12.2 Å². The number of rotatable bonds is 0. The van der Waals surface area contributed by atoms with E-state index in [1.807, 2.05) is 24.3 Å². The van der Waals surface area contributed by atoms with Crippen LogP contribution in [0.15, 0.2) is 58.7 Å². The van der Waals surface area contributed by atoms with Crippen molar-refractivity contribution in [3.8, 4) is 6.07 Å². The van der Waals surface area contributed by atoms with E-state index in [4.69, 9.17) is 0 Å². The summed E-state index contributed by atoms with van der Waals surface area (Å²) in [5.41, 5.74) is 4.04. The van der Waals surface area contributed by atoms with E-state index in [0.29, 0.717) is 12.0 Å². The molecule has 0 aliphatic heterocycles. The lowest BCUT2D eigenvalue weighted by Gasteiger charge is -2.28. The number of halogens is 3. The Morgan fingerprint density at radius 3 is 2.72 bits per heavy atom. The predicted octanol–water partition coefficient (Wildman–Crippen LogP) is 5.77. The van der Waals surface area contributed by atoms with Crippen LogP contribution >= 0.6 is 0 Å². The summed E-state index contributed by atoms with van der Waals surface area (Å²) in [6.07, 6.45) is 2.13. The molecule has 0 heterocycles. The molecule has 0 bridgehead atoms. The van der Waals surface area contributed by atoms with Gasteiger partial charge in [-0.05, 0) is 66.4 Å². The minimum Gasteiger partial charge on any atom is -0.197 e. The van der Waals surface area contributed by atoms with Gasteiger partial charge < -0.3 is 0 Å². The Morgan fingerprint density at radius 2 is 1.96 bits per heavy atom. The summed E-state index contributed by atoms with van der Waals surface area (Å²) in [5, 5.41) is 9.83. The molecule has 0 amide bonds. The lowest BCUT2D eigenvalue weighted by Crippen LogP contribution is -2.16. The molecule has 0 aromatic heterocycles. The van der Waals surface area contributed by atoms with Crippen molar-refractivity contribution in [2.45, 2.75) is 44.2 Å². The second-order valence-corrected chi connectivity index (χ2v) is 7.03. The molecule has 0 radical (unpaired) electrons. The Bertz CT molecular complexity index is 849. The van der Waals surface area contributed by atoms with Crippen molar-refractivity contribution < 1.29 is 13.2 Å². The number of fused-ring (bicyclic) bond motifs is 1. The van der Waals surface area contributed by atoms with E-state index >= 15 is 0 Å². The summed E-state index contributed by atoms with van der Waals surface area (Å²) in [5.74, 6) is -0.413. The average Bonchev–Trinajstić information content (AvgIpc) is 2.85. The van der Waals surface area contributed by atoms with E-state index in [1.54, 1.807) is 0 Å². The van der Waals surface area contributed by atoms with Crippen molar-refractivity contribution in [1.82, 2.24) is 0 Å². The third-order valence-electron chi connectivity index (χ3n) is 5.61. The number of hydrogen-bond acceptors (Lipinski definition) is 1. The van der Waals surface area contributed by atoms with Crippen LogP contribution in [0.2, 0.25) is 0 Å². The third-order valence-corrected chi connectivity index (χ3v) is 5.61. The van der Waals surface area contributed by atoms with Gasteiger partial charge >= 0.3 is 6.18 Å². The molecule has 0 fully saturated rings. The fourth-order valence-electron chi connectivity index (χ4n) is 4.53. The molecule has 2 unspecified atom stereocenters. The first kappa shape index (κ1) is 16.2. The molecule has 0 saturated heterocycles. The first-order chi connectivity index (χ1) is 12.0. The predicted molar refractivity (Wildman–Crippen MR) is 89.7 cm³/mol. The van der Waals surface area contributed by atoms with E-state index in [2.05, 4.69) is 6.07 Å². The second kappa shape index (κ2) is 5.91. The fraction of sp³-hybridized carbons (Fsp3) is 0.381. The highest BCUT2D eigenvalue weighted by Gasteiger charge is 2.39. The molecule has 3 aliphatic rings. The van der Waals surface area contributed by atoms with Crippen LogP contribution in [0, 0.1) is 17.2 Å². The van der Waals surface area contributed by atoms with Gasteiger partial charge in [0.05, 0.1) is 17.6 Å². The summed E-state index contributed by atoms with van der Waals surface area (Å²) in [7, 11) is 0. The van der Waals surface area contributed by atoms with Crippen molar-refractivity contribution in [3.63, 3.8) is 0 Å². The lowest BCUT2D eigenvalue weighted by atomic mass is 9.75. The zero-order valence-corrected chi connectivity index (χ0v) is 13.7. The van der Waals surface area contributed by atoms with E-state index in [9.17, 15) is 18.4 Å². The van der Waals surface area contributed by atoms with Crippen molar-refractivity contribution in [2.24, 2.45) is 5.92 Å². The smallest absolute Gasteiger partial charge is 0.197 e. The monoisotopic (exact) mass is 341 g/mol. The summed E-state index contributed by atoms with van der Waals surface area (Å²) >= 11 is 0. The lowest BCUT2D eigenvalue weighted by molar-refractivity contribution is -0.0884. The standard InChI is InChI=1S/C21H18F3N/c22-21(23,24)16-9-8-13-5-3-6-15-10-14-4-1-2-7-17(14)19(12-25)18(11-16)20(13)15/h1-2,4,7,9,11,15,19H,3,5-6,8,10H2. The maximum Gasteiger partial charge on any atom is 0.416 e. The molecule has 3 aliphatic carbocycles. The number of nitriles is 1. The Kier molecular flexibility index (Phi) is 3.83. The number of alkyl halides is 3. The SMILES string of the molecule is N#CC1C2=CC(C(F)(F)F)=CCC3=C2C(CCC3)Cc2ccccc21. The largest absolute Gasteiger partial charge is 0.416 e. The zero-order chi connectivity index (χ0) is 17.6. The highest BCUT2D eigenvalue weighted by Crippen LogP contribution is 2.49. The van der Waals surface area contributed by atoms with Gasteiger partial charge in [0.15, 0.2) is 0 Å². The Hall–Kier alpha value is -2.28. The molecule has 1 nitrogen and oxygen atoms in total. The number of hydrogen-bond donors (Lipinski definition) is 0. The summed E-state index contributed by atoms with van der Waals surface area (Å²) in [6, 6.07) is 10.0. The summed E-state index contributed by atoms with van der Waals surface area (Å²) in [6.45, 7) is 0. The maximum atomic E-state index is 13.4. The topological polar surface area (TPSA) is 23.8 Å². The van der Waals surface area contributed by atoms with Gasteiger partial charge in [0, 0.05) is 0 Å². The molecule has 2 atom stereocenters. The minimum absolute atomic E-state index is 0.218. The Morgan fingerprint density at radius 1 is 1.16 bits per heavy atom. The highest BCUT2D eigenvalue weighted by atomic mass is 19.4. The molecule has 128 valence electrons. The number of allylic oxidation sites excluding steroid dienone is 6. The Balaban J connectivity index is 1.97. The fourth-order valence-corrected chi connectivity index (χ4v) is 4.53. The van der Waals surface area contributed by atoms with Gasteiger partial charge in [-0.2, -0.15) is 18.4 Å². The van der Waals surface area contributed by atoms with Crippen LogP contribution in [0.3, 0.4) is 0 Å². The van der Waals surface area contributed by atoms with Crippen LogP contribution in [0.25, 0.3) is 0 Å². The molecule has 4 rings (SSSR count). The van der Waals surface area contributed by atoms with Crippen molar-refractivity contribution >= 4 is 0 Å². The summed E-state index contributed by atoms with van der Waals surface area (Å²) in [4.78, 5) is 0. The normalized spacial score (nSPS) is 25.7. The average molecular weight is 341 g/mol. The zero-order valence-electron chi connectivity index (χ0n) is 13.7. The van der Waals surface area contributed by atoms with Crippen molar-refractivity contribution in [3.05, 3.63) is 69.8 Å². The number of nitrogens with zero attached hydrogens (tertiary/aromatic N) is 1. The third kappa shape index (κ3) is 2.72. The van der Waals surface area contributed by atoms with E-state index < -0.39 is 17.7 Å². The van der Waals surface area contributed by atoms with Gasteiger partial charge in [-0.1, -0.05) is 35.9 Å². The maximum absolute atomic E-state index is 13.4. The second-order valence-electron chi connectivity index (χ2n) is 7.03. The van der Waals surface area contributed by atoms with Crippen molar-refractivity contribution in [1.29, 1.82) is 5.26 Å². The van der Waals surface area contributed by atoms with E-state index in [0.717, 1.165) is 48.0 Å². The van der Waals surface area contributed by atoms with E-state index in [-0.39, 0.29) is 5.92 Å². The van der Waals surface area contributed by atoms with Crippen LogP contribution in [-0.4, -0.2) is 6.18 Å². The van der Waals surface area contributed by atoms with Crippen LogP contribution in [0.4, 0.5) is 13.2 Å². The molecular formula is C21H18F3N. The molecule has 4 heteroatoms. The van der Waals surface area contributed by atoms with Gasteiger partial charge in [0.2, 0.25) is 0 Å². The van der Waals surface area contributed by atoms with Gasteiger partial charge in [-0.25, -0.2) is 0 Å². The minimum atomic E-state index is -4.39. The highest BCUT2D eigenvalue weighted by molar-refractivity contribution is 5.58. The molecule has 0 spiro atoms. The number of benzene rings is 1. The Labute approximate surface area is 145 Å². The van der Waals surface area contributed by atoms with Crippen LogP contribution in [-0.2, 0) is 6.42 Å². The molecule has 0 saturated carbocycles. The van der Waals surface area contributed by atoms with Crippen LogP contribution in [0.5, 0.6) is 0 Å². The van der Waals surface area contributed by atoms with Crippen LogP contribution in [0.1, 0.15) is 42.7 Å². The molecule has 1 aromatic carbocycles. The molecule has 0 N–H and O–H groups in total. The van der Waals surface area contributed by atoms with Gasteiger partial charge in [0.25, 0.3) is 0 Å². The first-order valence-electron chi connectivity index (χ1n) is 8.67. The van der Waals surface area contributed by atoms with Gasteiger partial charge in [0.1, 0.15) is 0 Å². The van der Waals surface area contributed by atoms with Gasteiger partial charge in [-0.3, -0.25) is 0 Å². The molecule has 1 aromatic rings.